The molecule has 0 unspecified atom stereocenters. The van der Waals surface area contributed by atoms with Crippen molar-refractivity contribution >= 4 is 17.1 Å². The van der Waals surface area contributed by atoms with E-state index >= 15 is 0 Å². The highest BCUT2D eigenvalue weighted by atomic mass is 16.5. The molecule has 0 amide bonds. The minimum absolute atomic E-state index is 0.00785. The first-order valence-electron chi connectivity index (χ1n) is 11.6. The first-order chi connectivity index (χ1) is 15.8. The van der Waals surface area contributed by atoms with Crippen LogP contribution in [0.2, 0.25) is 0 Å². The second-order valence-corrected chi connectivity index (χ2v) is 9.17. The zero-order chi connectivity index (χ0) is 23.5. The molecule has 4 rings (SSSR count). The monoisotopic (exact) mass is 455 g/mol. The second-order valence-electron chi connectivity index (χ2n) is 9.17. The number of nitrogens with one attached hydrogen (secondary N) is 1. The van der Waals surface area contributed by atoms with Gasteiger partial charge in [-0.1, -0.05) is 30.3 Å². The number of fused-ring (bicyclic) bond motifs is 1. The SMILES string of the molecule is CC(C)OC[C@@H](O)Cn1c(N2CCC(Cc3ccccc3)CC2)nc2c1c(=O)[nH]c(=O)n2C. The van der Waals surface area contributed by atoms with Crippen LogP contribution in [0.5, 0.6) is 0 Å². The molecule has 3 heterocycles. The highest BCUT2D eigenvalue weighted by molar-refractivity contribution is 5.74. The summed E-state index contributed by atoms with van der Waals surface area (Å²) in [6.07, 6.45) is 2.24. The van der Waals surface area contributed by atoms with Crippen molar-refractivity contribution in [2.45, 2.75) is 51.9 Å². The molecule has 1 aliphatic heterocycles. The number of aromatic nitrogens is 4. The Balaban J connectivity index is 1.60. The third-order valence-corrected chi connectivity index (χ3v) is 6.27. The zero-order valence-electron chi connectivity index (χ0n) is 19.5. The van der Waals surface area contributed by atoms with E-state index in [2.05, 4.69) is 34.1 Å². The predicted molar refractivity (Wildman–Crippen MR) is 128 cm³/mol. The maximum Gasteiger partial charge on any atom is 0.329 e. The number of H-pyrrole nitrogens is 1. The molecule has 1 atom stereocenters. The number of ether oxygens (including phenoxy) is 1. The Morgan fingerprint density at radius 1 is 1.18 bits per heavy atom. The fourth-order valence-corrected chi connectivity index (χ4v) is 4.49. The first-order valence-corrected chi connectivity index (χ1v) is 11.6. The molecular formula is C24H33N5O4. The van der Waals surface area contributed by atoms with Crippen molar-refractivity contribution in [3.8, 4) is 0 Å². The number of aliphatic hydroxyl groups excluding tert-OH is 1. The molecule has 9 heteroatoms. The van der Waals surface area contributed by atoms with E-state index in [1.54, 1.807) is 11.6 Å². The van der Waals surface area contributed by atoms with E-state index in [9.17, 15) is 14.7 Å². The topological polar surface area (TPSA) is 105 Å². The number of hydrogen-bond donors (Lipinski definition) is 2. The normalized spacial score (nSPS) is 16.1. The van der Waals surface area contributed by atoms with Gasteiger partial charge in [-0.05, 0) is 44.6 Å². The molecule has 0 bridgehead atoms. The molecule has 9 nitrogen and oxygen atoms in total. The highest BCUT2D eigenvalue weighted by Gasteiger charge is 2.27. The Morgan fingerprint density at radius 3 is 2.55 bits per heavy atom. The molecule has 1 saturated heterocycles. The van der Waals surface area contributed by atoms with Crippen LogP contribution in [0.15, 0.2) is 39.9 Å². The number of piperidine rings is 1. The molecule has 33 heavy (non-hydrogen) atoms. The van der Waals surface area contributed by atoms with Crippen molar-refractivity contribution in [1.82, 2.24) is 19.1 Å². The maximum absolute atomic E-state index is 12.7. The van der Waals surface area contributed by atoms with Crippen molar-refractivity contribution in [3.63, 3.8) is 0 Å². The minimum atomic E-state index is -0.809. The number of aromatic amines is 1. The third kappa shape index (κ3) is 5.20. The molecule has 0 aliphatic carbocycles. The van der Waals surface area contributed by atoms with Crippen LogP contribution in [0, 0.1) is 5.92 Å². The van der Waals surface area contributed by atoms with Gasteiger partial charge in [0.2, 0.25) is 5.95 Å². The summed E-state index contributed by atoms with van der Waals surface area (Å²) >= 11 is 0. The molecule has 2 aromatic heterocycles. The summed E-state index contributed by atoms with van der Waals surface area (Å²) < 4.78 is 8.63. The van der Waals surface area contributed by atoms with Gasteiger partial charge in [0, 0.05) is 20.1 Å². The van der Waals surface area contributed by atoms with Gasteiger partial charge >= 0.3 is 5.69 Å². The van der Waals surface area contributed by atoms with Crippen LogP contribution in [0.4, 0.5) is 5.95 Å². The predicted octanol–water partition coefficient (Wildman–Crippen LogP) is 1.67. The van der Waals surface area contributed by atoms with E-state index in [1.165, 1.54) is 10.1 Å². The van der Waals surface area contributed by atoms with E-state index < -0.39 is 17.4 Å². The van der Waals surface area contributed by atoms with E-state index in [1.807, 2.05) is 19.9 Å². The average Bonchev–Trinajstić information content (AvgIpc) is 3.17. The molecule has 178 valence electrons. The lowest BCUT2D eigenvalue weighted by molar-refractivity contribution is -0.000191. The molecule has 2 N–H and O–H groups in total. The van der Waals surface area contributed by atoms with Gasteiger partial charge in [0.25, 0.3) is 5.56 Å². The van der Waals surface area contributed by atoms with Gasteiger partial charge in [-0.25, -0.2) is 4.79 Å². The van der Waals surface area contributed by atoms with Gasteiger partial charge in [0.05, 0.1) is 25.4 Å². The quantitative estimate of drug-likeness (QED) is 0.535. The lowest BCUT2D eigenvalue weighted by Crippen LogP contribution is -2.37. The Labute approximate surface area is 192 Å². The Morgan fingerprint density at radius 2 is 1.88 bits per heavy atom. The van der Waals surface area contributed by atoms with Crippen LogP contribution in [-0.4, -0.2) is 56.1 Å². The zero-order valence-corrected chi connectivity index (χ0v) is 19.5. The van der Waals surface area contributed by atoms with Crippen molar-refractivity contribution in [1.29, 1.82) is 0 Å². The molecule has 0 radical (unpaired) electrons. The third-order valence-electron chi connectivity index (χ3n) is 6.27. The van der Waals surface area contributed by atoms with Gasteiger partial charge < -0.3 is 19.3 Å². The number of hydrogen-bond acceptors (Lipinski definition) is 6. The first kappa shape index (κ1) is 23.3. The summed E-state index contributed by atoms with van der Waals surface area (Å²) in [6.45, 7) is 5.72. The summed E-state index contributed by atoms with van der Waals surface area (Å²) in [5, 5.41) is 10.6. The Hall–Kier alpha value is -2.91. The largest absolute Gasteiger partial charge is 0.389 e. The van der Waals surface area contributed by atoms with E-state index in [0.717, 1.165) is 32.4 Å². The molecule has 1 aliphatic rings. The maximum atomic E-state index is 12.7. The van der Waals surface area contributed by atoms with Crippen LogP contribution < -0.4 is 16.1 Å². The number of aryl methyl sites for hydroxylation is 1. The molecule has 3 aromatic rings. The van der Waals surface area contributed by atoms with Crippen molar-refractivity contribution in [3.05, 3.63) is 56.7 Å². The van der Waals surface area contributed by atoms with Crippen molar-refractivity contribution < 1.29 is 9.84 Å². The fraction of sp³-hybridized carbons (Fsp3) is 0.542. The van der Waals surface area contributed by atoms with Crippen LogP contribution in [0.3, 0.4) is 0 Å². The van der Waals surface area contributed by atoms with E-state index in [0.29, 0.717) is 23.0 Å². The minimum Gasteiger partial charge on any atom is -0.389 e. The summed E-state index contributed by atoms with van der Waals surface area (Å²) in [6, 6.07) is 10.5. The van der Waals surface area contributed by atoms with Gasteiger partial charge in [-0.3, -0.25) is 14.3 Å². The second kappa shape index (κ2) is 9.93. The van der Waals surface area contributed by atoms with Crippen molar-refractivity contribution in [2.24, 2.45) is 13.0 Å². The summed E-state index contributed by atoms with van der Waals surface area (Å²) in [5.41, 5.74) is 0.957. The number of imidazole rings is 1. The van der Waals surface area contributed by atoms with Gasteiger partial charge in [0.1, 0.15) is 0 Å². The summed E-state index contributed by atoms with van der Waals surface area (Å²) in [7, 11) is 1.59. The summed E-state index contributed by atoms with van der Waals surface area (Å²) in [5.74, 6) is 1.19. The van der Waals surface area contributed by atoms with Crippen LogP contribution in [-0.2, 0) is 24.8 Å². The van der Waals surface area contributed by atoms with Crippen LogP contribution in [0.1, 0.15) is 32.3 Å². The number of rotatable bonds is 8. The van der Waals surface area contributed by atoms with E-state index in [-0.39, 0.29) is 19.3 Å². The molecule has 0 spiro atoms. The molecule has 1 aromatic carbocycles. The van der Waals surface area contributed by atoms with Crippen LogP contribution in [0.25, 0.3) is 11.2 Å². The molecule has 1 fully saturated rings. The Bertz CT molecular complexity index is 1190. The van der Waals surface area contributed by atoms with Gasteiger partial charge in [-0.15, -0.1) is 0 Å². The number of benzene rings is 1. The lowest BCUT2D eigenvalue weighted by Gasteiger charge is -2.33. The average molecular weight is 456 g/mol. The van der Waals surface area contributed by atoms with Crippen molar-refractivity contribution in [2.75, 3.05) is 24.6 Å². The van der Waals surface area contributed by atoms with Crippen LogP contribution >= 0.6 is 0 Å². The Kier molecular flexibility index (Phi) is 6.99. The number of anilines is 1. The smallest absolute Gasteiger partial charge is 0.329 e. The van der Waals surface area contributed by atoms with E-state index in [4.69, 9.17) is 9.72 Å². The number of nitrogens with zero attached hydrogens (tertiary/aromatic N) is 4. The molecular weight excluding hydrogens is 422 g/mol. The van der Waals surface area contributed by atoms with Gasteiger partial charge in [-0.2, -0.15) is 4.98 Å². The molecule has 0 saturated carbocycles. The fourth-order valence-electron chi connectivity index (χ4n) is 4.49. The highest BCUT2D eigenvalue weighted by Crippen LogP contribution is 2.27. The number of aliphatic hydroxyl groups is 1. The summed E-state index contributed by atoms with van der Waals surface area (Å²) in [4.78, 5) is 34.1. The van der Waals surface area contributed by atoms with Gasteiger partial charge in [0.15, 0.2) is 11.2 Å². The lowest BCUT2D eigenvalue weighted by atomic mass is 9.90. The standard InChI is InChI=1S/C24H33N5O4/c1-16(2)33-15-19(30)14-29-20-21(27(3)24(32)26-22(20)31)25-23(29)28-11-9-18(10-12-28)13-17-7-5-4-6-8-17/h4-8,16,18-19,30H,9-15H2,1-3H3,(H,26,31,32)/t19-/m0/s1.